The van der Waals surface area contributed by atoms with E-state index < -0.39 is 39.6 Å². The maximum Gasteiger partial charge on any atom is 0.515 e. The van der Waals surface area contributed by atoms with E-state index in [1.807, 2.05) is 20.8 Å². The van der Waals surface area contributed by atoms with Gasteiger partial charge in [0.15, 0.2) is 5.82 Å². The Morgan fingerprint density at radius 2 is 1.39 bits per heavy atom. The summed E-state index contributed by atoms with van der Waals surface area (Å²) in [7, 11) is -4.61. The molecule has 49 heavy (non-hydrogen) atoms. The van der Waals surface area contributed by atoms with E-state index in [2.05, 4.69) is 4.98 Å². The van der Waals surface area contributed by atoms with E-state index in [4.69, 9.17) is 18.9 Å². The fourth-order valence-corrected chi connectivity index (χ4v) is 6.04. The van der Waals surface area contributed by atoms with Crippen molar-refractivity contribution in [3.8, 4) is 17.0 Å². The van der Waals surface area contributed by atoms with Crippen LogP contribution in [0.2, 0.25) is 0 Å². The molecule has 0 atom stereocenters. The molecule has 0 fully saturated rings. The first-order valence-corrected chi connectivity index (χ1v) is 17.2. The predicted molar refractivity (Wildman–Crippen MR) is 185 cm³/mol. The van der Waals surface area contributed by atoms with Crippen LogP contribution in [-0.4, -0.2) is 54.1 Å². The number of amides is 1. The average molecular weight is 694 g/mol. The van der Waals surface area contributed by atoms with Gasteiger partial charge >= 0.3 is 18.3 Å². The largest absolute Gasteiger partial charge is 0.515 e. The van der Waals surface area contributed by atoms with Crippen molar-refractivity contribution in [3.63, 3.8) is 0 Å². The van der Waals surface area contributed by atoms with E-state index in [0.29, 0.717) is 9.87 Å². The number of rotatable bonds is 6. The van der Waals surface area contributed by atoms with E-state index in [1.165, 1.54) is 24.3 Å². The van der Waals surface area contributed by atoms with Gasteiger partial charge in [-0.25, -0.2) is 32.4 Å². The molecular formula is C36H43N3O9S. The zero-order chi connectivity index (χ0) is 36.5. The third-order valence-electron chi connectivity index (χ3n) is 6.86. The van der Waals surface area contributed by atoms with Gasteiger partial charge in [-0.3, -0.25) is 0 Å². The van der Waals surface area contributed by atoms with E-state index in [9.17, 15) is 22.8 Å². The Morgan fingerprint density at radius 3 is 1.92 bits per heavy atom. The number of aromatic nitrogens is 2. The van der Waals surface area contributed by atoms with Crippen molar-refractivity contribution in [3.05, 3.63) is 72.3 Å². The van der Waals surface area contributed by atoms with Crippen molar-refractivity contribution < 1.29 is 41.7 Å². The summed E-state index contributed by atoms with van der Waals surface area (Å²) >= 11 is 0. The maximum atomic E-state index is 14.3. The Balaban J connectivity index is 2.06. The molecule has 2 aromatic carbocycles. The number of carbonyl (C=O) groups excluding carboxylic acids is 3. The van der Waals surface area contributed by atoms with Crippen LogP contribution in [0.25, 0.3) is 22.2 Å². The average Bonchev–Trinajstić information content (AvgIpc) is 3.28. The fourth-order valence-electron chi connectivity index (χ4n) is 4.77. The summed E-state index contributed by atoms with van der Waals surface area (Å²) < 4.78 is 52.0. The van der Waals surface area contributed by atoms with Gasteiger partial charge in [0.25, 0.3) is 10.0 Å². The second kappa shape index (κ2) is 13.5. The molecule has 0 N–H and O–H groups in total. The first kappa shape index (κ1) is 36.9. The van der Waals surface area contributed by atoms with Crippen molar-refractivity contribution in [1.82, 2.24) is 9.55 Å². The number of fused-ring (bicyclic) bond motifs is 1. The van der Waals surface area contributed by atoms with Crippen molar-refractivity contribution in [2.45, 2.75) is 90.7 Å². The molecule has 0 bridgehead atoms. The molecule has 1 amide bonds. The minimum Gasteiger partial charge on any atom is -0.443 e. The van der Waals surface area contributed by atoms with Gasteiger partial charge in [-0.1, -0.05) is 63.2 Å². The summed E-state index contributed by atoms with van der Waals surface area (Å²) in [6, 6.07) is 17.5. The van der Waals surface area contributed by atoms with E-state index >= 15 is 0 Å². The summed E-state index contributed by atoms with van der Waals surface area (Å²) in [6.45, 7) is 17.4. The molecule has 4 aromatic rings. The molecule has 0 aliphatic rings. The summed E-state index contributed by atoms with van der Waals surface area (Å²) in [5.41, 5.74) is -0.637. The first-order valence-electron chi connectivity index (χ1n) is 15.7. The molecule has 2 aromatic heterocycles. The van der Waals surface area contributed by atoms with Gasteiger partial charge < -0.3 is 18.9 Å². The van der Waals surface area contributed by atoms with Gasteiger partial charge in [-0.2, -0.15) is 4.31 Å². The highest BCUT2D eigenvalue weighted by atomic mass is 32.2. The van der Waals surface area contributed by atoms with Gasteiger partial charge in [-0.05, 0) is 89.3 Å². The molecule has 0 saturated carbocycles. The fraction of sp³-hybridized carbons (Fsp3) is 0.389. The summed E-state index contributed by atoms with van der Waals surface area (Å²) in [5.74, 6) is -0.606. The van der Waals surface area contributed by atoms with Gasteiger partial charge in [-0.15, -0.1) is 0 Å². The second-order valence-corrected chi connectivity index (χ2v) is 16.0. The number of benzene rings is 2. The van der Waals surface area contributed by atoms with E-state index in [1.54, 1.807) is 90.9 Å². The van der Waals surface area contributed by atoms with Crippen molar-refractivity contribution in [1.29, 1.82) is 0 Å². The SMILES string of the molecule is CCOC(=O)Oc1c(-c2ccccc2)c2nc(N(C(=O)OC(C)(C)C)S(=O)(=O)c3ccc(C(C)(C)C)cc3)ccc2n1C(=O)OC(C)(C)C. The third kappa shape index (κ3) is 8.40. The Morgan fingerprint density at radius 1 is 0.796 bits per heavy atom. The molecule has 0 aliphatic carbocycles. The van der Waals surface area contributed by atoms with Gasteiger partial charge in [0.2, 0.25) is 5.88 Å². The first-order chi connectivity index (χ1) is 22.6. The van der Waals surface area contributed by atoms with Crippen LogP contribution in [-0.2, 0) is 29.6 Å². The number of anilines is 1. The zero-order valence-corrected chi connectivity index (χ0v) is 30.3. The number of pyridine rings is 1. The minimum atomic E-state index is -4.61. The normalized spacial score (nSPS) is 12.4. The second-order valence-electron chi connectivity index (χ2n) is 14.2. The third-order valence-corrected chi connectivity index (χ3v) is 8.55. The highest BCUT2D eigenvalue weighted by Crippen LogP contribution is 2.41. The lowest BCUT2D eigenvalue weighted by Crippen LogP contribution is -2.41. The molecule has 4 rings (SSSR count). The van der Waals surface area contributed by atoms with Crippen LogP contribution in [0, 0.1) is 0 Å². The lowest BCUT2D eigenvalue weighted by atomic mass is 9.87. The molecule has 262 valence electrons. The van der Waals surface area contributed by atoms with Crippen LogP contribution in [0.3, 0.4) is 0 Å². The Kier molecular flexibility index (Phi) is 10.2. The highest BCUT2D eigenvalue weighted by Gasteiger charge is 2.38. The number of hydrogen-bond acceptors (Lipinski definition) is 10. The van der Waals surface area contributed by atoms with Crippen LogP contribution >= 0.6 is 0 Å². The zero-order valence-electron chi connectivity index (χ0n) is 29.5. The van der Waals surface area contributed by atoms with Crippen molar-refractivity contribution in [2.75, 3.05) is 10.9 Å². The highest BCUT2D eigenvalue weighted by molar-refractivity contribution is 7.93. The number of carbonyl (C=O) groups is 3. The summed E-state index contributed by atoms with van der Waals surface area (Å²) in [6.07, 6.45) is -3.19. The topological polar surface area (TPSA) is 143 Å². The predicted octanol–water partition coefficient (Wildman–Crippen LogP) is 8.45. The molecule has 2 heterocycles. The number of sulfonamides is 1. The summed E-state index contributed by atoms with van der Waals surface area (Å²) in [5, 5.41) is 0. The van der Waals surface area contributed by atoms with E-state index in [-0.39, 0.29) is 45.2 Å². The number of ether oxygens (including phenoxy) is 4. The lowest BCUT2D eigenvalue weighted by molar-refractivity contribution is 0.0522. The smallest absolute Gasteiger partial charge is 0.443 e. The molecular weight excluding hydrogens is 650 g/mol. The minimum absolute atomic E-state index is 0.00594. The molecule has 0 aliphatic heterocycles. The molecule has 0 spiro atoms. The molecule has 12 nitrogen and oxygen atoms in total. The van der Waals surface area contributed by atoms with Crippen LogP contribution in [0.5, 0.6) is 5.88 Å². The van der Waals surface area contributed by atoms with Gasteiger partial charge in [0.1, 0.15) is 16.7 Å². The molecule has 0 unspecified atom stereocenters. The Hall–Kier alpha value is -4.91. The summed E-state index contributed by atoms with van der Waals surface area (Å²) in [4.78, 5) is 44.7. The molecule has 13 heteroatoms. The van der Waals surface area contributed by atoms with Crippen LogP contribution < -0.4 is 9.04 Å². The quantitative estimate of drug-likeness (QED) is 0.143. The molecule has 0 saturated heterocycles. The van der Waals surface area contributed by atoms with Crippen LogP contribution in [0.4, 0.5) is 20.2 Å². The van der Waals surface area contributed by atoms with Crippen LogP contribution in [0.1, 0.15) is 74.8 Å². The van der Waals surface area contributed by atoms with Crippen LogP contribution in [0.15, 0.2) is 71.6 Å². The molecule has 0 radical (unpaired) electrons. The van der Waals surface area contributed by atoms with Crippen molar-refractivity contribution in [2.24, 2.45) is 0 Å². The standard InChI is InChI=1S/C36H43N3O9S/c1-11-45-33(42)46-30-28(23-15-13-12-14-16-23)29-26(38(30)31(40)47-35(5,6)7)21-22-27(37-29)39(32(41)48-36(8,9)10)49(43,44)25-19-17-24(18-20-25)34(2,3)4/h12-22H,11H2,1-10H3. The monoisotopic (exact) mass is 693 g/mol. The lowest BCUT2D eigenvalue weighted by Gasteiger charge is -2.27. The number of hydrogen-bond donors (Lipinski definition) is 0. The van der Waals surface area contributed by atoms with Gasteiger partial charge in [0.05, 0.1) is 22.6 Å². The Labute approximate surface area is 287 Å². The Bertz CT molecular complexity index is 1960. The van der Waals surface area contributed by atoms with E-state index in [0.717, 1.165) is 10.1 Å². The van der Waals surface area contributed by atoms with Crippen molar-refractivity contribution >= 4 is 45.2 Å². The number of nitrogens with zero attached hydrogens (tertiary/aromatic N) is 3. The maximum absolute atomic E-state index is 14.3. The van der Waals surface area contributed by atoms with Gasteiger partial charge in [0, 0.05) is 0 Å².